The van der Waals surface area contributed by atoms with E-state index < -0.39 is 0 Å². The predicted octanol–water partition coefficient (Wildman–Crippen LogP) is 1.46. The Hall–Kier alpha value is -1.69. The minimum absolute atomic E-state index is 0.204. The van der Waals surface area contributed by atoms with E-state index in [2.05, 4.69) is 15.4 Å². The topological polar surface area (TPSA) is 89.8 Å². The van der Waals surface area contributed by atoms with Gasteiger partial charge in [0.05, 0.1) is 16.8 Å². The van der Waals surface area contributed by atoms with Crippen molar-refractivity contribution >= 4 is 17.4 Å². The van der Waals surface area contributed by atoms with Gasteiger partial charge in [0.15, 0.2) is 0 Å². The van der Waals surface area contributed by atoms with Crippen LogP contribution in [0.1, 0.15) is 17.3 Å². The van der Waals surface area contributed by atoms with Gasteiger partial charge < -0.3 is 5.73 Å². The highest BCUT2D eigenvalue weighted by atomic mass is 35.5. The molecule has 6 heteroatoms. The van der Waals surface area contributed by atoms with E-state index in [1.165, 1.54) is 0 Å². The zero-order valence-corrected chi connectivity index (χ0v) is 10.4. The number of aromatic nitrogens is 2. The van der Waals surface area contributed by atoms with Gasteiger partial charge >= 0.3 is 0 Å². The molecule has 1 atom stereocenters. The van der Waals surface area contributed by atoms with E-state index in [1.54, 1.807) is 24.5 Å². The third kappa shape index (κ3) is 2.76. The summed E-state index contributed by atoms with van der Waals surface area (Å²) < 4.78 is 0. The molecule has 0 spiro atoms. The average Bonchev–Trinajstić information content (AvgIpc) is 2.39. The summed E-state index contributed by atoms with van der Waals surface area (Å²) in [5.41, 5.74) is 10.1. The van der Waals surface area contributed by atoms with Crippen molar-refractivity contribution in [3.63, 3.8) is 0 Å². The maximum absolute atomic E-state index is 6.10. The lowest BCUT2D eigenvalue weighted by molar-refractivity contribution is 0.538. The molecule has 18 heavy (non-hydrogen) atoms. The number of anilines is 1. The van der Waals surface area contributed by atoms with E-state index in [0.29, 0.717) is 23.0 Å². The van der Waals surface area contributed by atoms with Gasteiger partial charge in [0.25, 0.3) is 0 Å². The molecule has 0 aliphatic rings. The Labute approximate surface area is 110 Å². The lowest BCUT2D eigenvalue weighted by Crippen LogP contribution is -2.30. The van der Waals surface area contributed by atoms with E-state index in [-0.39, 0.29) is 6.04 Å². The maximum Gasteiger partial charge on any atom is 0.126 e. The van der Waals surface area contributed by atoms with Crippen molar-refractivity contribution in [2.45, 2.75) is 12.5 Å². The summed E-state index contributed by atoms with van der Waals surface area (Å²) >= 11 is 6.10. The van der Waals surface area contributed by atoms with E-state index in [0.717, 1.165) is 5.56 Å². The molecule has 2 aromatic rings. The van der Waals surface area contributed by atoms with Gasteiger partial charge in [-0.3, -0.25) is 16.3 Å². The lowest BCUT2D eigenvalue weighted by atomic mass is 10.0. The fourth-order valence-electron chi connectivity index (χ4n) is 1.73. The molecule has 2 heterocycles. The normalized spacial score (nSPS) is 12.3. The minimum atomic E-state index is -0.204. The molecular weight excluding hydrogens is 250 g/mol. The van der Waals surface area contributed by atoms with Crippen LogP contribution in [0.4, 0.5) is 5.82 Å². The van der Waals surface area contributed by atoms with Gasteiger partial charge in [-0.1, -0.05) is 17.7 Å². The van der Waals surface area contributed by atoms with Crippen LogP contribution < -0.4 is 17.0 Å². The van der Waals surface area contributed by atoms with Crippen LogP contribution in [0, 0.1) is 0 Å². The Balaban J connectivity index is 2.26. The molecule has 0 radical (unpaired) electrons. The molecule has 94 valence electrons. The predicted molar refractivity (Wildman–Crippen MR) is 71.7 cm³/mol. The van der Waals surface area contributed by atoms with Crippen molar-refractivity contribution in [1.29, 1.82) is 0 Å². The number of nitrogen functional groups attached to an aromatic ring is 1. The highest BCUT2D eigenvalue weighted by Crippen LogP contribution is 2.24. The Morgan fingerprint density at radius 3 is 2.61 bits per heavy atom. The second kappa shape index (κ2) is 5.77. The second-order valence-electron chi connectivity index (χ2n) is 3.84. The molecule has 0 aliphatic heterocycles. The fourth-order valence-corrected chi connectivity index (χ4v) is 1.99. The van der Waals surface area contributed by atoms with Gasteiger partial charge in [-0.15, -0.1) is 0 Å². The third-order valence-corrected chi connectivity index (χ3v) is 2.99. The van der Waals surface area contributed by atoms with Crippen molar-refractivity contribution < 1.29 is 0 Å². The zero-order valence-electron chi connectivity index (χ0n) is 9.68. The Morgan fingerprint density at radius 2 is 1.94 bits per heavy atom. The first kappa shape index (κ1) is 12.8. The van der Waals surface area contributed by atoms with E-state index in [9.17, 15) is 0 Å². The molecule has 0 saturated carbocycles. The summed E-state index contributed by atoms with van der Waals surface area (Å²) in [7, 11) is 0. The molecule has 0 bridgehead atoms. The van der Waals surface area contributed by atoms with Crippen molar-refractivity contribution in [1.82, 2.24) is 15.4 Å². The number of hydrazine groups is 1. The van der Waals surface area contributed by atoms with Crippen LogP contribution in [0.3, 0.4) is 0 Å². The fraction of sp³-hybridized carbons (Fsp3) is 0.167. The molecule has 1 unspecified atom stereocenters. The van der Waals surface area contributed by atoms with E-state index in [1.807, 2.05) is 12.1 Å². The van der Waals surface area contributed by atoms with Gasteiger partial charge in [0.2, 0.25) is 0 Å². The van der Waals surface area contributed by atoms with Crippen LogP contribution >= 0.6 is 11.6 Å². The van der Waals surface area contributed by atoms with Crippen LogP contribution in [0.25, 0.3) is 0 Å². The quantitative estimate of drug-likeness (QED) is 0.574. The zero-order chi connectivity index (χ0) is 13.0. The number of nitrogens with zero attached hydrogens (tertiary/aromatic N) is 2. The molecule has 2 aromatic heterocycles. The van der Waals surface area contributed by atoms with Gasteiger partial charge in [0.1, 0.15) is 5.82 Å². The largest absolute Gasteiger partial charge is 0.383 e. The first-order valence-corrected chi connectivity index (χ1v) is 5.86. The average molecular weight is 264 g/mol. The second-order valence-corrected chi connectivity index (χ2v) is 4.25. The third-order valence-electron chi connectivity index (χ3n) is 2.67. The van der Waals surface area contributed by atoms with Gasteiger partial charge in [-0.2, -0.15) is 0 Å². The molecular formula is C12H14ClN5. The number of pyridine rings is 2. The summed E-state index contributed by atoms with van der Waals surface area (Å²) in [6.45, 7) is 0. The van der Waals surface area contributed by atoms with Gasteiger partial charge in [-0.25, -0.2) is 4.98 Å². The van der Waals surface area contributed by atoms with Gasteiger partial charge in [-0.05, 0) is 30.2 Å². The Kier molecular flexibility index (Phi) is 4.09. The molecule has 0 saturated heterocycles. The van der Waals surface area contributed by atoms with E-state index >= 15 is 0 Å². The molecule has 5 nitrogen and oxygen atoms in total. The van der Waals surface area contributed by atoms with Crippen molar-refractivity contribution in [2.75, 3.05) is 5.73 Å². The van der Waals surface area contributed by atoms with Crippen LogP contribution in [-0.2, 0) is 6.42 Å². The first-order valence-electron chi connectivity index (χ1n) is 5.48. The molecule has 0 aromatic carbocycles. The van der Waals surface area contributed by atoms with Crippen molar-refractivity contribution in [3.8, 4) is 0 Å². The summed E-state index contributed by atoms with van der Waals surface area (Å²) in [6, 6.07) is 7.09. The number of rotatable bonds is 4. The summed E-state index contributed by atoms with van der Waals surface area (Å²) in [4.78, 5) is 8.28. The number of nitrogens with one attached hydrogen (secondary N) is 1. The number of halogens is 1. The van der Waals surface area contributed by atoms with Gasteiger partial charge in [0, 0.05) is 12.4 Å². The van der Waals surface area contributed by atoms with Crippen molar-refractivity contribution in [3.05, 3.63) is 52.9 Å². The first-order chi connectivity index (χ1) is 8.72. The van der Waals surface area contributed by atoms with E-state index in [4.69, 9.17) is 23.2 Å². The minimum Gasteiger partial charge on any atom is -0.383 e. The Morgan fingerprint density at radius 1 is 1.22 bits per heavy atom. The van der Waals surface area contributed by atoms with Crippen LogP contribution in [-0.4, -0.2) is 9.97 Å². The molecule has 0 fully saturated rings. The molecule has 0 aliphatic carbocycles. The Bertz CT molecular complexity index is 531. The molecule has 0 amide bonds. The monoisotopic (exact) mass is 263 g/mol. The summed E-state index contributed by atoms with van der Waals surface area (Å²) in [5, 5.41) is 0.572. The highest BCUT2D eigenvalue weighted by molar-refractivity contribution is 6.31. The summed E-state index contributed by atoms with van der Waals surface area (Å²) in [6.07, 6.45) is 3.91. The highest BCUT2D eigenvalue weighted by Gasteiger charge is 2.16. The van der Waals surface area contributed by atoms with Crippen LogP contribution in [0.5, 0.6) is 0 Å². The number of nitrogens with two attached hydrogens (primary N) is 2. The number of hydrogen-bond acceptors (Lipinski definition) is 5. The smallest absolute Gasteiger partial charge is 0.126 e. The molecule has 2 rings (SSSR count). The van der Waals surface area contributed by atoms with Crippen LogP contribution in [0.15, 0.2) is 36.7 Å². The summed E-state index contributed by atoms with van der Waals surface area (Å²) in [5.74, 6) is 6.05. The maximum atomic E-state index is 6.10. The lowest BCUT2D eigenvalue weighted by Gasteiger charge is -2.17. The van der Waals surface area contributed by atoms with Crippen LogP contribution in [0.2, 0.25) is 5.02 Å². The standard InChI is InChI=1S/C12H14ClN5/c13-9-4-2-5-16-11(9)10(18-15)7-8-3-1-6-17-12(8)14/h1-6,10,18H,7,15H2,(H2,14,17). The number of hydrogen-bond donors (Lipinski definition) is 3. The van der Waals surface area contributed by atoms with Crippen molar-refractivity contribution in [2.24, 2.45) is 5.84 Å². The SMILES string of the molecule is NNC(Cc1cccnc1N)c1ncccc1Cl. The molecule has 5 N–H and O–H groups in total.